The molecule has 3 atom stereocenters. The molecule has 1 amide bonds. The highest BCUT2D eigenvalue weighted by Gasteiger charge is 2.29. The monoisotopic (exact) mass is 449 g/mol. The van der Waals surface area contributed by atoms with Gasteiger partial charge in [0.2, 0.25) is 0 Å². The van der Waals surface area contributed by atoms with Crippen molar-refractivity contribution in [2.75, 3.05) is 0 Å². The maximum atomic E-state index is 12.4. The van der Waals surface area contributed by atoms with Gasteiger partial charge in [-0.25, -0.2) is 9.59 Å². The van der Waals surface area contributed by atoms with E-state index in [2.05, 4.69) is 26.1 Å². The van der Waals surface area contributed by atoms with Crippen molar-refractivity contribution in [3.8, 4) is 0 Å². The smallest absolute Gasteiger partial charge is 0.408 e. The minimum Gasteiger partial charge on any atom is -0.461 e. The Labute approximate surface area is 194 Å². The molecule has 1 N–H and O–H groups in total. The molecule has 1 fully saturated rings. The minimum absolute atomic E-state index is 0.00767. The van der Waals surface area contributed by atoms with Crippen LogP contribution in [0.3, 0.4) is 0 Å². The van der Waals surface area contributed by atoms with E-state index in [1.807, 2.05) is 37.3 Å². The zero-order valence-electron chi connectivity index (χ0n) is 21.0. The van der Waals surface area contributed by atoms with E-state index in [0.29, 0.717) is 19.4 Å². The van der Waals surface area contributed by atoms with Gasteiger partial charge in [-0.3, -0.25) is 0 Å². The van der Waals surface area contributed by atoms with Crippen LogP contribution in [0.4, 0.5) is 4.79 Å². The summed E-state index contributed by atoms with van der Waals surface area (Å²) in [4.78, 5) is 24.4. The molecule has 0 bridgehead atoms. The largest absolute Gasteiger partial charge is 0.461 e. The topological polar surface area (TPSA) is 73.9 Å². The third kappa shape index (κ3) is 12.7. The standard InChI is InChI=1S/C21H31NO5.C5H12/c1-15-13-17(25-14-16-9-6-5-7-10-16)11-8-12-18(19(23)26-15)22-20(24)27-21(2,3)4;1-4-5(2)3/h5-7,9-10,15,17-18H,8,11-14H2,1-4H3,(H,22,24);5H,4H2,1-3H3/t15?,17?,18-;/m0./s1. The maximum Gasteiger partial charge on any atom is 0.408 e. The SMILES string of the molecule is CC1CC(OCc2ccccc2)CCC[C@H](NC(=O)OC(C)(C)C)C(=O)O1.CCC(C)C. The normalized spacial score (nSPS) is 21.9. The third-order valence-electron chi connectivity index (χ3n) is 5.05. The summed E-state index contributed by atoms with van der Waals surface area (Å²) in [7, 11) is 0. The number of carbonyl (C=O) groups is 2. The highest BCUT2D eigenvalue weighted by Crippen LogP contribution is 2.20. The lowest BCUT2D eigenvalue weighted by atomic mass is 10.0. The predicted molar refractivity (Wildman–Crippen MR) is 127 cm³/mol. The Morgan fingerprint density at radius 1 is 1.19 bits per heavy atom. The molecule has 32 heavy (non-hydrogen) atoms. The zero-order valence-corrected chi connectivity index (χ0v) is 21.0. The second-order valence-corrected chi connectivity index (χ2v) is 9.83. The van der Waals surface area contributed by atoms with Crippen LogP contribution >= 0.6 is 0 Å². The number of cyclic esters (lactones) is 1. The number of hydrogen-bond donors (Lipinski definition) is 1. The number of amides is 1. The van der Waals surface area contributed by atoms with Crippen molar-refractivity contribution < 1.29 is 23.8 Å². The average molecular weight is 450 g/mol. The first-order valence-corrected chi connectivity index (χ1v) is 11.9. The number of hydrogen-bond acceptors (Lipinski definition) is 5. The molecule has 2 rings (SSSR count). The lowest BCUT2D eigenvalue weighted by Crippen LogP contribution is -2.44. The molecular weight excluding hydrogens is 406 g/mol. The van der Waals surface area contributed by atoms with Gasteiger partial charge >= 0.3 is 12.1 Å². The van der Waals surface area contributed by atoms with Gasteiger partial charge in [-0.1, -0.05) is 57.5 Å². The average Bonchev–Trinajstić information content (AvgIpc) is 2.76. The van der Waals surface area contributed by atoms with E-state index in [9.17, 15) is 9.59 Å². The molecule has 182 valence electrons. The highest BCUT2D eigenvalue weighted by atomic mass is 16.6. The first-order chi connectivity index (χ1) is 15.0. The Balaban J connectivity index is 0.000000920. The molecule has 0 saturated carbocycles. The van der Waals surface area contributed by atoms with Crippen LogP contribution in [0.25, 0.3) is 0 Å². The van der Waals surface area contributed by atoms with Gasteiger partial charge in [0.15, 0.2) is 0 Å². The van der Waals surface area contributed by atoms with Crippen LogP contribution in [-0.4, -0.2) is 35.9 Å². The number of benzene rings is 1. The first-order valence-electron chi connectivity index (χ1n) is 11.9. The number of alkyl carbamates (subject to hydrolysis) is 1. The fourth-order valence-corrected chi connectivity index (χ4v) is 3.00. The van der Waals surface area contributed by atoms with Gasteiger partial charge in [0.05, 0.1) is 12.7 Å². The summed E-state index contributed by atoms with van der Waals surface area (Å²) in [5.74, 6) is 0.465. The van der Waals surface area contributed by atoms with Crippen LogP contribution in [0.2, 0.25) is 0 Å². The molecule has 0 radical (unpaired) electrons. The van der Waals surface area contributed by atoms with Crippen LogP contribution in [0.5, 0.6) is 0 Å². The second kappa shape index (κ2) is 14.1. The van der Waals surface area contributed by atoms with Crippen molar-refractivity contribution in [2.24, 2.45) is 5.92 Å². The Hall–Kier alpha value is -2.08. The third-order valence-corrected chi connectivity index (χ3v) is 5.05. The molecular formula is C26H43NO5. The second-order valence-electron chi connectivity index (χ2n) is 9.83. The van der Waals surface area contributed by atoms with E-state index >= 15 is 0 Å². The minimum atomic E-state index is -0.699. The Morgan fingerprint density at radius 3 is 2.38 bits per heavy atom. The summed E-state index contributed by atoms with van der Waals surface area (Å²) in [5, 5.41) is 2.64. The molecule has 6 nitrogen and oxygen atoms in total. The molecule has 1 aromatic carbocycles. The van der Waals surface area contributed by atoms with Gasteiger partial charge in [0.1, 0.15) is 17.7 Å². The van der Waals surface area contributed by atoms with Gasteiger partial charge in [0.25, 0.3) is 0 Å². The van der Waals surface area contributed by atoms with Crippen LogP contribution in [0.1, 0.15) is 86.1 Å². The Morgan fingerprint density at radius 2 is 1.81 bits per heavy atom. The van der Waals surface area contributed by atoms with Crippen LogP contribution in [0, 0.1) is 5.92 Å². The van der Waals surface area contributed by atoms with E-state index in [-0.39, 0.29) is 12.2 Å². The molecule has 1 aliphatic heterocycles. The van der Waals surface area contributed by atoms with Gasteiger partial charge in [-0.2, -0.15) is 0 Å². The number of esters is 1. The fourth-order valence-electron chi connectivity index (χ4n) is 3.00. The van der Waals surface area contributed by atoms with E-state index in [1.54, 1.807) is 20.8 Å². The zero-order chi connectivity index (χ0) is 24.1. The van der Waals surface area contributed by atoms with E-state index in [4.69, 9.17) is 14.2 Å². The van der Waals surface area contributed by atoms with Gasteiger partial charge in [-0.15, -0.1) is 0 Å². The van der Waals surface area contributed by atoms with Gasteiger partial charge < -0.3 is 19.5 Å². The van der Waals surface area contributed by atoms with Crippen molar-refractivity contribution >= 4 is 12.1 Å². The van der Waals surface area contributed by atoms with Crippen molar-refractivity contribution in [3.63, 3.8) is 0 Å². The lowest BCUT2D eigenvalue weighted by molar-refractivity contribution is -0.152. The van der Waals surface area contributed by atoms with Crippen molar-refractivity contribution in [1.82, 2.24) is 5.32 Å². The van der Waals surface area contributed by atoms with Gasteiger partial charge in [0, 0.05) is 6.42 Å². The van der Waals surface area contributed by atoms with E-state index in [1.165, 1.54) is 6.42 Å². The Kier molecular flexibility index (Phi) is 12.4. The number of nitrogens with one attached hydrogen (secondary N) is 1. The molecule has 0 spiro atoms. The van der Waals surface area contributed by atoms with Crippen molar-refractivity contribution in [2.45, 2.75) is 111 Å². The summed E-state index contributed by atoms with van der Waals surface area (Å²) >= 11 is 0. The maximum absolute atomic E-state index is 12.4. The molecule has 1 aromatic rings. The highest BCUT2D eigenvalue weighted by molar-refractivity contribution is 5.81. The Bertz CT molecular complexity index is 669. The first kappa shape index (κ1) is 28.0. The molecule has 6 heteroatoms. The molecule has 1 saturated heterocycles. The van der Waals surface area contributed by atoms with Gasteiger partial charge in [-0.05, 0) is 58.4 Å². The van der Waals surface area contributed by atoms with E-state index < -0.39 is 23.7 Å². The summed E-state index contributed by atoms with van der Waals surface area (Å²) in [5.41, 5.74) is 0.502. The molecule has 0 aromatic heterocycles. The van der Waals surface area contributed by atoms with E-state index in [0.717, 1.165) is 24.3 Å². The summed E-state index contributed by atoms with van der Waals surface area (Å²) in [6.07, 6.45) is 3.12. The van der Waals surface area contributed by atoms with Crippen LogP contribution < -0.4 is 5.32 Å². The van der Waals surface area contributed by atoms with Crippen molar-refractivity contribution in [1.29, 1.82) is 0 Å². The molecule has 0 aliphatic carbocycles. The number of carbonyl (C=O) groups excluding carboxylic acids is 2. The predicted octanol–water partition coefficient (Wildman–Crippen LogP) is 6.02. The van der Waals surface area contributed by atoms with Crippen molar-refractivity contribution in [3.05, 3.63) is 35.9 Å². The molecule has 2 unspecified atom stereocenters. The summed E-state index contributed by atoms with van der Waals surface area (Å²) in [6.45, 7) is 14.4. The number of rotatable bonds is 5. The molecule has 1 aliphatic rings. The quantitative estimate of drug-likeness (QED) is 0.556. The number of ether oxygens (including phenoxy) is 3. The molecule has 1 heterocycles. The van der Waals surface area contributed by atoms with Crippen LogP contribution in [0.15, 0.2) is 30.3 Å². The fraction of sp³-hybridized carbons (Fsp3) is 0.692. The van der Waals surface area contributed by atoms with Crippen LogP contribution in [-0.2, 0) is 25.6 Å². The lowest BCUT2D eigenvalue weighted by Gasteiger charge is -2.23. The summed E-state index contributed by atoms with van der Waals surface area (Å²) in [6, 6.07) is 9.30. The summed E-state index contributed by atoms with van der Waals surface area (Å²) < 4.78 is 16.8.